The van der Waals surface area contributed by atoms with Crippen LogP contribution in [0.2, 0.25) is 0 Å². The molecule has 6 nitrogen and oxygen atoms in total. The number of nitrogens with one attached hydrogen (secondary N) is 2. The molecule has 1 aliphatic carbocycles. The number of carbonyl (C=O) groups is 2. The van der Waals surface area contributed by atoms with E-state index in [-0.39, 0.29) is 18.4 Å². The van der Waals surface area contributed by atoms with Crippen LogP contribution in [0.15, 0.2) is 47.1 Å². The molecular formula is C23H29N3O3. The highest BCUT2D eigenvalue weighted by molar-refractivity contribution is 6.00. The van der Waals surface area contributed by atoms with Gasteiger partial charge in [-0.1, -0.05) is 25.0 Å². The van der Waals surface area contributed by atoms with Gasteiger partial charge in [0.15, 0.2) is 0 Å². The van der Waals surface area contributed by atoms with Gasteiger partial charge in [-0.05, 0) is 55.9 Å². The van der Waals surface area contributed by atoms with E-state index in [0.717, 1.165) is 19.4 Å². The molecule has 2 heterocycles. The fourth-order valence-electron chi connectivity index (χ4n) is 4.72. The Morgan fingerprint density at radius 3 is 2.72 bits per heavy atom. The number of amides is 2. The molecule has 2 N–H and O–H groups in total. The van der Waals surface area contributed by atoms with Crippen molar-refractivity contribution in [3.63, 3.8) is 0 Å². The quantitative estimate of drug-likeness (QED) is 0.780. The standard InChI is InChI=1S/C23H29N3O3/c27-22(26-13-5-8-17-7-1-4-12-21(17)26)16-24-20-11-3-2-10-19(20)23(28)25-15-18-9-6-14-29-18/h2-3,6,9-11,14,17,21,24H,1,4-5,7-8,12-13,15-16H2,(H,25,28). The van der Waals surface area contributed by atoms with E-state index < -0.39 is 0 Å². The summed E-state index contributed by atoms with van der Waals surface area (Å²) in [6, 6.07) is 11.3. The van der Waals surface area contributed by atoms with Crippen LogP contribution in [-0.4, -0.2) is 35.8 Å². The maximum absolute atomic E-state index is 12.9. The van der Waals surface area contributed by atoms with Crippen LogP contribution in [0.5, 0.6) is 0 Å². The lowest BCUT2D eigenvalue weighted by Gasteiger charge is -2.44. The van der Waals surface area contributed by atoms with Crippen molar-refractivity contribution in [3.05, 3.63) is 54.0 Å². The second kappa shape index (κ2) is 9.16. The zero-order chi connectivity index (χ0) is 20.1. The average molecular weight is 396 g/mol. The van der Waals surface area contributed by atoms with Crippen LogP contribution in [0.4, 0.5) is 5.69 Å². The zero-order valence-electron chi connectivity index (χ0n) is 16.7. The normalized spacial score (nSPS) is 21.3. The number of para-hydroxylation sites is 1. The smallest absolute Gasteiger partial charge is 0.253 e. The van der Waals surface area contributed by atoms with Crippen molar-refractivity contribution in [2.45, 2.75) is 51.1 Å². The minimum atomic E-state index is -0.192. The van der Waals surface area contributed by atoms with Gasteiger partial charge >= 0.3 is 0 Å². The van der Waals surface area contributed by atoms with Crippen molar-refractivity contribution in [3.8, 4) is 0 Å². The van der Waals surface area contributed by atoms with E-state index in [1.165, 1.54) is 25.7 Å². The average Bonchev–Trinajstić information content (AvgIpc) is 3.29. The largest absolute Gasteiger partial charge is 0.467 e. The molecular weight excluding hydrogens is 366 g/mol. The van der Waals surface area contributed by atoms with Gasteiger partial charge in [-0.15, -0.1) is 0 Å². The summed E-state index contributed by atoms with van der Waals surface area (Å²) >= 11 is 0. The zero-order valence-corrected chi connectivity index (χ0v) is 16.7. The topological polar surface area (TPSA) is 74.6 Å². The minimum absolute atomic E-state index is 0.132. The fraction of sp³-hybridized carbons (Fsp3) is 0.478. The van der Waals surface area contributed by atoms with Gasteiger partial charge in [-0.3, -0.25) is 9.59 Å². The van der Waals surface area contributed by atoms with Gasteiger partial charge in [0.25, 0.3) is 5.91 Å². The molecule has 2 aromatic rings. The second-order valence-corrected chi connectivity index (χ2v) is 8.00. The molecule has 0 bridgehead atoms. The minimum Gasteiger partial charge on any atom is -0.467 e. The van der Waals surface area contributed by atoms with Crippen LogP contribution >= 0.6 is 0 Å². The van der Waals surface area contributed by atoms with Crippen LogP contribution in [0.3, 0.4) is 0 Å². The van der Waals surface area contributed by atoms with E-state index in [4.69, 9.17) is 4.42 Å². The maximum atomic E-state index is 12.9. The second-order valence-electron chi connectivity index (χ2n) is 8.00. The first-order valence-corrected chi connectivity index (χ1v) is 10.7. The number of anilines is 1. The predicted octanol–water partition coefficient (Wildman–Crippen LogP) is 3.80. The number of hydrogen-bond acceptors (Lipinski definition) is 4. The van der Waals surface area contributed by atoms with E-state index in [1.807, 2.05) is 24.3 Å². The highest BCUT2D eigenvalue weighted by Gasteiger charge is 2.35. The van der Waals surface area contributed by atoms with Crippen molar-refractivity contribution >= 4 is 17.5 Å². The molecule has 2 atom stereocenters. The highest BCUT2D eigenvalue weighted by atomic mass is 16.3. The number of hydrogen-bond donors (Lipinski definition) is 2. The number of fused-ring (bicyclic) bond motifs is 1. The van der Waals surface area contributed by atoms with E-state index in [2.05, 4.69) is 15.5 Å². The molecule has 2 amide bonds. The van der Waals surface area contributed by atoms with Crippen LogP contribution in [0, 0.1) is 5.92 Å². The number of likely N-dealkylation sites (tertiary alicyclic amines) is 1. The molecule has 6 heteroatoms. The Morgan fingerprint density at radius 2 is 1.86 bits per heavy atom. The SMILES string of the molecule is O=C(NCc1ccco1)c1ccccc1NCC(=O)N1CCCC2CCCCC21. The van der Waals surface area contributed by atoms with Gasteiger partial charge in [0.1, 0.15) is 5.76 Å². The van der Waals surface area contributed by atoms with E-state index in [9.17, 15) is 9.59 Å². The molecule has 154 valence electrons. The van der Waals surface area contributed by atoms with Gasteiger partial charge in [0.05, 0.1) is 24.9 Å². The van der Waals surface area contributed by atoms with Crippen molar-refractivity contribution in [2.75, 3.05) is 18.4 Å². The summed E-state index contributed by atoms with van der Waals surface area (Å²) in [4.78, 5) is 27.6. The Morgan fingerprint density at radius 1 is 1.03 bits per heavy atom. The summed E-state index contributed by atoms with van der Waals surface area (Å²) in [5.41, 5.74) is 1.20. The third kappa shape index (κ3) is 4.63. The Kier molecular flexibility index (Phi) is 6.17. The Hall–Kier alpha value is -2.76. The number of piperidine rings is 1. The molecule has 1 saturated heterocycles. The summed E-state index contributed by atoms with van der Waals surface area (Å²) in [7, 11) is 0. The van der Waals surface area contributed by atoms with Gasteiger partial charge in [-0.2, -0.15) is 0 Å². The lowest BCUT2D eigenvalue weighted by atomic mass is 9.78. The summed E-state index contributed by atoms with van der Waals surface area (Å²) in [6.07, 6.45) is 8.82. The molecule has 0 spiro atoms. The van der Waals surface area contributed by atoms with Crippen LogP contribution in [0.25, 0.3) is 0 Å². The third-order valence-corrected chi connectivity index (χ3v) is 6.17. The molecule has 4 rings (SSSR count). The van der Waals surface area contributed by atoms with E-state index >= 15 is 0 Å². The van der Waals surface area contributed by atoms with Crippen molar-refractivity contribution in [2.24, 2.45) is 5.92 Å². The highest BCUT2D eigenvalue weighted by Crippen LogP contribution is 2.35. The summed E-state index contributed by atoms with van der Waals surface area (Å²) < 4.78 is 5.26. The number of carbonyl (C=O) groups excluding carboxylic acids is 2. The molecule has 2 aliphatic rings. The molecule has 2 fully saturated rings. The van der Waals surface area contributed by atoms with Gasteiger partial charge < -0.3 is 20.0 Å². The van der Waals surface area contributed by atoms with Crippen molar-refractivity contribution in [1.29, 1.82) is 0 Å². The van der Waals surface area contributed by atoms with Crippen LogP contribution < -0.4 is 10.6 Å². The van der Waals surface area contributed by atoms with Gasteiger partial charge in [0.2, 0.25) is 5.91 Å². The Labute approximate surface area is 171 Å². The first-order valence-electron chi connectivity index (χ1n) is 10.7. The number of nitrogens with zero attached hydrogens (tertiary/aromatic N) is 1. The first kappa shape index (κ1) is 19.6. The Bertz CT molecular complexity index is 832. The molecule has 29 heavy (non-hydrogen) atoms. The van der Waals surface area contributed by atoms with Crippen molar-refractivity contribution in [1.82, 2.24) is 10.2 Å². The monoisotopic (exact) mass is 395 g/mol. The number of benzene rings is 1. The first-order chi connectivity index (χ1) is 14.2. The lowest BCUT2D eigenvalue weighted by Crippen LogP contribution is -2.51. The van der Waals surface area contributed by atoms with E-state index in [0.29, 0.717) is 35.5 Å². The fourth-order valence-corrected chi connectivity index (χ4v) is 4.72. The molecule has 1 aromatic heterocycles. The molecule has 2 unspecified atom stereocenters. The predicted molar refractivity (Wildman–Crippen MR) is 112 cm³/mol. The van der Waals surface area contributed by atoms with Crippen molar-refractivity contribution < 1.29 is 14.0 Å². The molecule has 1 saturated carbocycles. The molecule has 0 radical (unpaired) electrons. The maximum Gasteiger partial charge on any atom is 0.253 e. The van der Waals surface area contributed by atoms with E-state index in [1.54, 1.807) is 18.4 Å². The molecule has 1 aliphatic heterocycles. The Balaban J connectivity index is 1.37. The van der Waals surface area contributed by atoms with Crippen LogP contribution in [-0.2, 0) is 11.3 Å². The third-order valence-electron chi connectivity index (χ3n) is 6.17. The summed E-state index contributed by atoms with van der Waals surface area (Å²) in [5, 5.41) is 6.07. The number of furan rings is 1. The lowest BCUT2D eigenvalue weighted by molar-refractivity contribution is -0.135. The number of rotatable bonds is 6. The summed E-state index contributed by atoms with van der Waals surface area (Å²) in [6.45, 7) is 1.40. The molecule has 1 aromatic carbocycles. The van der Waals surface area contributed by atoms with Crippen LogP contribution in [0.1, 0.15) is 54.6 Å². The summed E-state index contributed by atoms with van der Waals surface area (Å²) in [5.74, 6) is 1.31. The van der Waals surface area contributed by atoms with Gasteiger partial charge in [0, 0.05) is 18.3 Å². The van der Waals surface area contributed by atoms with Gasteiger partial charge in [-0.25, -0.2) is 0 Å².